The number of fused-ring (bicyclic) bond motifs is 5. The zero-order valence-electron chi connectivity index (χ0n) is 30.1. The summed E-state index contributed by atoms with van der Waals surface area (Å²) in [7, 11) is 0. The maximum Gasteiger partial charge on any atom is 0.147 e. The van der Waals surface area contributed by atoms with Gasteiger partial charge in [0.25, 0.3) is 0 Å². The number of benzene rings is 6. The molecule has 2 aromatic heterocycles. The van der Waals surface area contributed by atoms with E-state index in [1.54, 1.807) is 11.3 Å². The van der Waals surface area contributed by atoms with Crippen LogP contribution in [0.15, 0.2) is 121 Å². The Hall–Kier alpha value is -4.73. The molecule has 0 saturated carbocycles. The number of thiophene rings is 1. The van der Waals surface area contributed by atoms with E-state index in [0.717, 1.165) is 53.4 Å². The number of imidazole rings is 1. The largest absolute Gasteiger partial charge is 0.292 e. The van der Waals surface area contributed by atoms with Crippen LogP contribution in [0.25, 0.3) is 70.2 Å². The van der Waals surface area contributed by atoms with Crippen LogP contribution in [0.3, 0.4) is 0 Å². The number of hydrogen-bond acceptors (Lipinski definition) is 2. The minimum absolute atomic E-state index is 0.194. The van der Waals surface area contributed by atoms with Crippen LogP contribution in [-0.2, 0) is 0 Å². The van der Waals surface area contributed by atoms with Crippen molar-refractivity contribution >= 4 is 53.3 Å². The lowest BCUT2D eigenvalue weighted by molar-refractivity contribution is 0.811. The molecule has 0 spiro atoms. The van der Waals surface area contributed by atoms with E-state index in [-0.39, 0.29) is 35.8 Å². The molecule has 3 heteroatoms. The van der Waals surface area contributed by atoms with E-state index >= 15 is 0 Å². The van der Waals surface area contributed by atoms with E-state index in [1.807, 2.05) is 24.3 Å². The molecule has 0 N–H and O–H groups in total. The van der Waals surface area contributed by atoms with E-state index in [1.165, 1.54) is 16.8 Å². The number of nitrogens with zero attached hydrogens (tertiary/aromatic N) is 2. The third-order valence-electron chi connectivity index (χ3n) is 8.61. The van der Waals surface area contributed by atoms with Gasteiger partial charge in [0.2, 0.25) is 0 Å². The fraction of sp³-hybridized carbons (Fsp3) is 0.146. The highest BCUT2D eigenvalue weighted by Crippen LogP contribution is 2.44. The van der Waals surface area contributed by atoms with Crippen LogP contribution in [0, 0.1) is 0 Å². The van der Waals surface area contributed by atoms with Gasteiger partial charge in [-0.25, -0.2) is 4.98 Å². The molecule has 2 heterocycles. The fourth-order valence-electron chi connectivity index (χ4n) is 6.47. The Morgan fingerprint density at radius 1 is 0.682 bits per heavy atom. The summed E-state index contributed by atoms with van der Waals surface area (Å²) >= 11 is 1.74. The number of aromatic nitrogens is 2. The van der Waals surface area contributed by atoms with Crippen molar-refractivity contribution in [2.45, 2.75) is 39.5 Å². The SMILES string of the molecule is [2H]c1c([2H])c([2H])c(-c2ccc3cc4c(cc3c2)sc2c(-c3nc5ccccc5n3-c3c(C(C)C)cccc3C(C)C)cccc24)c([2H])c1[2H]. The molecule has 214 valence electrons. The zero-order valence-corrected chi connectivity index (χ0v) is 25.9. The van der Waals surface area contributed by atoms with Gasteiger partial charge in [-0.15, -0.1) is 11.3 Å². The van der Waals surface area contributed by atoms with Gasteiger partial charge in [0, 0.05) is 25.7 Å². The van der Waals surface area contributed by atoms with Crippen molar-refractivity contribution in [1.29, 1.82) is 0 Å². The quantitative estimate of drug-likeness (QED) is 0.195. The van der Waals surface area contributed by atoms with Gasteiger partial charge in [-0.3, -0.25) is 4.57 Å². The molecular formula is C41H34N2S. The average Bonchev–Trinajstić information content (AvgIpc) is 3.66. The molecule has 0 aliphatic rings. The second-order valence-electron chi connectivity index (χ2n) is 12.0. The number of hydrogen-bond donors (Lipinski definition) is 0. The standard InChI is InChI=1S/C41H34N2S/c1-25(2)31-14-10-15-32(26(3)4)39(31)43-37-19-9-8-18-36(37)42-41(43)34-17-11-16-33-35-23-29-21-20-28(27-12-6-5-7-13-27)22-30(29)24-38(35)44-40(33)34/h5-26H,1-4H3/i5D,6D,7D,12D,13D. The van der Waals surface area contributed by atoms with Crippen molar-refractivity contribution in [3.05, 3.63) is 132 Å². The highest BCUT2D eigenvalue weighted by atomic mass is 32.1. The third-order valence-corrected chi connectivity index (χ3v) is 9.81. The minimum atomic E-state index is -0.385. The van der Waals surface area contributed by atoms with Gasteiger partial charge < -0.3 is 0 Å². The van der Waals surface area contributed by atoms with Crippen molar-refractivity contribution < 1.29 is 6.85 Å². The van der Waals surface area contributed by atoms with Crippen molar-refractivity contribution in [3.8, 4) is 28.2 Å². The van der Waals surface area contributed by atoms with Gasteiger partial charge in [0.15, 0.2) is 0 Å². The van der Waals surface area contributed by atoms with Crippen molar-refractivity contribution in [1.82, 2.24) is 9.55 Å². The lowest BCUT2D eigenvalue weighted by Crippen LogP contribution is -2.08. The maximum atomic E-state index is 8.50. The summed E-state index contributed by atoms with van der Waals surface area (Å²) in [5, 5.41) is 4.28. The molecular weight excluding hydrogens is 553 g/mol. The van der Waals surface area contributed by atoms with Gasteiger partial charge in [-0.05, 0) is 81.3 Å². The van der Waals surface area contributed by atoms with Crippen LogP contribution in [0.5, 0.6) is 0 Å². The first-order chi connectivity index (χ1) is 23.5. The molecule has 8 rings (SSSR count). The van der Waals surface area contributed by atoms with Crippen molar-refractivity contribution in [2.75, 3.05) is 0 Å². The Morgan fingerprint density at radius 3 is 2.20 bits per heavy atom. The summed E-state index contributed by atoms with van der Waals surface area (Å²) in [6.45, 7) is 9.01. The second kappa shape index (κ2) is 10.5. The molecule has 2 nitrogen and oxygen atoms in total. The van der Waals surface area contributed by atoms with Crippen LogP contribution in [0.4, 0.5) is 0 Å². The Bertz CT molecular complexity index is 2580. The van der Waals surface area contributed by atoms with E-state index < -0.39 is 0 Å². The van der Waals surface area contributed by atoms with Crippen LogP contribution < -0.4 is 0 Å². The summed E-state index contributed by atoms with van der Waals surface area (Å²) in [6.07, 6.45) is 0. The Kier molecular flexibility index (Phi) is 5.20. The van der Waals surface area contributed by atoms with Gasteiger partial charge in [0.05, 0.1) is 23.6 Å². The monoisotopic (exact) mass is 591 g/mol. The first-order valence-corrected chi connectivity index (χ1v) is 15.9. The van der Waals surface area contributed by atoms with Crippen LogP contribution >= 0.6 is 11.3 Å². The summed E-state index contributed by atoms with van der Waals surface area (Å²) in [5.74, 6) is 1.56. The van der Waals surface area contributed by atoms with Crippen LogP contribution in [-0.4, -0.2) is 9.55 Å². The lowest BCUT2D eigenvalue weighted by atomic mass is 9.92. The summed E-state index contributed by atoms with van der Waals surface area (Å²) in [6, 6.07) is 30.2. The average molecular weight is 592 g/mol. The van der Waals surface area contributed by atoms with E-state index in [4.69, 9.17) is 11.8 Å². The molecule has 0 aliphatic carbocycles. The van der Waals surface area contributed by atoms with Gasteiger partial charge in [0.1, 0.15) is 5.82 Å². The molecule has 0 bridgehead atoms. The Morgan fingerprint density at radius 2 is 1.43 bits per heavy atom. The van der Waals surface area contributed by atoms with E-state index in [9.17, 15) is 0 Å². The van der Waals surface area contributed by atoms with Gasteiger partial charge >= 0.3 is 0 Å². The predicted octanol–water partition coefficient (Wildman–Crippen LogP) is 12.1. The van der Waals surface area contributed by atoms with E-state index in [0.29, 0.717) is 17.4 Å². The first kappa shape index (κ1) is 21.9. The molecule has 44 heavy (non-hydrogen) atoms. The van der Waals surface area contributed by atoms with Gasteiger partial charge in [-0.2, -0.15) is 0 Å². The highest BCUT2D eigenvalue weighted by molar-refractivity contribution is 7.26. The fourth-order valence-corrected chi connectivity index (χ4v) is 7.71. The molecule has 0 aliphatic heterocycles. The van der Waals surface area contributed by atoms with Crippen molar-refractivity contribution in [3.63, 3.8) is 0 Å². The lowest BCUT2D eigenvalue weighted by Gasteiger charge is -2.22. The number of rotatable bonds is 5. The summed E-state index contributed by atoms with van der Waals surface area (Å²) in [5.41, 5.74) is 7.72. The summed E-state index contributed by atoms with van der Waals surface area (Å²) in [4.78, 5) is 5.31. The van der Waals surface area contributed by atoms with Crippen LogP contribution in [0.1, 0.15) is 57.5 Å². The third kappa shape index (κ3) is 4.26. The molecule has 0 unspecified atom stereocenters. The maximum absolute atomic E-state index is 8.50. The topological polar surface area (TPSA) is 17.8 Å². The normalized spacial score (nSPS) is 13.6. The highest BCUT2D eigenvalue weighted by Gasteiger charge is 2.23. The molecule has 8 aromatic rings. The minimum Gasteiger partial charge on any atom is -0.292 e. The first-order valence-electron chi connectivity index (χ1n) is 17.6. The smallest absolute Gasteiger partial charge is 0.147 e. The zero-order chi connectivity index (χ0) is 34.3. The van der Waals surface area contributed by atoms with Crippen molar-refractivity contribution in [2.24, 2.45) is 0 Å². The Labute approximate surface area is 269 Å². The molecule has 0 radical (unpaired) electrons. The molecule has 0 amide bonds. The molecule has 0 fully saturated rings. The second-order valence-corrected chi connectivity index (χ2v) is 13.1. The number of para-hydroxylation sites is 3. The molecule has 0 atom stereocenters. The van der Waals surface area contributed by atoms with E-state index in [2.05, 4.69) is 99.0 Å². The van der Waals surface area contributed by atoms with Crippen LogP contribution in [0.2, 0.25) is 0 Å². The molecule has 6 aromatic carbocycles. The molecule has 0 saturated heterocycles. The Balaban J connectivity index is 1.38. The predicted molar refractivity (Wildman–Crippen MR) is 191 cm³/mol. The summed E-state index contributed by atoms with van der Waals surface area (Å²) < 4.78 is 46.0. The van der Waals surface area contributed by atoms with Gasteiger partial charge in [-0.1, -0.05) is 113 Å².